The second-order valence-corrected chi connectivity index (χ2v) is 7.61. The van der Waals surface area contributed by atoms with Crippen LogP contribution in [0.1, 0.15) is 4.88 Å². The molecule has 2 aliphatic heterocycles. The molecule has 134 valence electrons. The number of ether oxygens (including phenoxy) is 1. The van der Waals surface area contributed by atoms with Crippen LogP contribution in [0, 0.1) is 0 Å². The van der Waals surface area contributed by atoms with E-state index in [1.807, 2.05) is 22.4 Å². The lowest BCUT2D eigenvalue weighted by Crippen LogP contribution is -2.40. The van der Waals surface area contributed by atoms with Gasteiger partial charge in [0.15, 0.2) is 0 Å². The maximum absolute atomic E-state index is 13.2. The van der Waals surface area contributed by atoms with Crippen LogP contribution in [-0.4, -0.2) is 43.0 Å². The predicted molar refractivity (Wildman–Crippen MR) is 103 cm³/mol. The van der Waals surface area contributed by atoms with Crippen LogP contribution >= 0.6 is 34.5 Å². The minimum atomic E-state index is -0.350. The summed E-state index contributed by atoms with van der Waals surface area (Å²) in [5, 5.41) is 2.55. The molecule has 0 atom stereocenters. The highest BCUT2D eigenvalue weighted by molar-refractivity contribution is 7.11. The number of amides is 2. The minimum Gasteiger partial charge on any atom is -0.378 e. The Morgan fingerprint density at radius 3 is 2.42 bits per heavy atom. The van der Waals surface area contributed by atoms with E-state index in [4.69, 9.17) is 27.9 Å². The molecule has 2 aromatic rings. The summed E-state index contributed by atoms with van der Waals surface area (Å²) in [5.74, 6) is -0.698. The van der Waals surface area contributed by atoms with Crippen molar-refractivity contribution in [3.05, 3.63) is 56.3 Å². The van der Waals surface area contributed by atoms with Gasteiger partial charge in [0.1, 0.15) is 5.70 Å². The number of morpholine rings is 1. The molecule has 1 aromatic carbocycles. The normalized spacial score (nSPS) is 18.2. The number of carbonyl (C=O) groups is 2. The van der Waals surface area contributed by atoms with Gasteiger partial charge in [-0.1, -0.05) is 29.3 Å². The molecule has 4 rings (SSSR count). The molecule has 0 saturated carbocycles. The highest BCUT2D eigenvalue weighted by atomic mass is 35.5. The summed E-state index contributed by atoms with van der Waals surface area (Å²) in [4.78, 5) is 30.3. The Labute approximate surface area is 164 Å². The maximum Gasteiger partial charge on any atom is 0.282 e. The Bertz CT molecular complexity index is 905. The number of thiophene rings is 1. The molecule has 26 heavy (non-hydrogen) atoms. The lowest BCUT2D eigenvalue weighted by atomic mass is 10.1. The number of imide groups is 1. The van der Waals surface area contributed by atoms with E-state index in [0.717, 1.165) is 4.88 Å². The molecule has 5 nitrogen and oxygen atoms in total. The summed E-state index contributed by atoms with van der Waals surface area (Å²) in [7, 11) is 0. The number of rotatable bonds is 3. The molecule has 0 unspecified atom stereocenters. The monoisotopic (exact) mass is 408 g/mol. The highest BCUT2D eigenvalue weighted by Gasteiger charge is 2.43. The van der Waals surface area contributed by atoms with Crippen molar-refractivity contribution in [1.82, 2.24) is 4.90 Å². The summed E-state index contributed by atoms with van der Waals surface area (Å²) < 4.78 is 5.38. The van der Waals surface area contributed by atoms with Gasteiger partial charge in [0.2, 0.25) is 0 Å². The Balaban J connectivity index is 1.81. The van der Waals surface area contributed by atoms with Crippen LogP contribution < -0.4 is 4.90 Å². The quantitative estimate of drug-likeness (QED) is 0.726. The lowest BCUT2D eigenvalue weighted by molar-refractivity contribution is -0.121. The first-order valence-electron chi connectivity index (χ1n) is 8.02. The number of nitrogens with zero attached hydrogens (tertiary/aromatic N) is 2. The third-order valence-electron chi connectivity index (χ3n) is 4.32. The fourth-order valence-corrected chi connectivity index (χ4v) is 4.16. The van der Waals surface area contributed by atoms with Crippen LogP contribution in [0.5, 0.6) is 0 Å². The third kappa shape index (κ3) is 2.93. The summed E-state index contributed by atoms with van der Waals surface area (Å²) in [6.45, 7) is 2.18. The first-order chi connectivity index (χ1) is 12.6. The summed E-state index contributed by atoms with van der Waals surface area (Å²) >= 11 is 13.5. The van der Waals surface area contributed by atoms with Crippen LogP contribution in [0.25, 0.3) is 5.57 Å². The van der Waals surface area contributed by atoms with Crippen molar-refractivity contribution in [2.45, 2.75) is 0 Å². The van der Waals surface area contributed by atoms with Crippen molar-refractivity contribution in [3.63, 3.8) is 0 Å². The van der Waals surface area contributed by atoms with Crippen molar-refractivity contribution in [2.75, 3.05) is 31.2 Å². The second kappa shape index (κ2) is 7.04. The standard InChI is InChI=1S/C18H14Cl2N2O3S/c19-12-4-3-11(10-13(12)20)22-17(23)15(14-2-1-9-26-14)16(18(22)24)21-5-7-25-8-6-21/h1-4,9-10H,5-8H2. The van der Waals surface area contributed by atoms with E-state index < -0.39 is 0 Å². The van der Waals surface area contributed by atoms with Gasteiger partial charge < -0.3 is 9.64 Å². The van der Waals surface area contributed by atoms with Gasteiger partial charge in [0, 0.05) is 18.0 Å². The van der Waals surface area contributed by atoms with Gasteiger partial charge in [-0.3, -0.25) is 9.59 Å². The number of benzene rings is 1. The molecule has 0 bridgehead atoms. The molecule has 0 N–H and O–H groups in total. The Kier molecular flexibility index (Phi) is 4.75. The highest BCUT2D eigenvalue weighted by Crippen LogP contribution is 2.38. The van der Waals surface area contributed by atoms with E-state index in [9.17, 15) is 9.59 Å². The van der Waals surface area contributed by atoms with E-state index in [1.165, 1.54) is 22.3 Å². The average Bonchev–Trinajstić information content (AvgIpc) is 3.25. The summed E-state index contributed by atoms with van der Waals surface area (Å²) in [5.41, 5.74) is 1.26. The largest absolute Gasteiger partial charge is 0.378 e. The number of hydrogen-bond donors (Lipinski definition) is 0. The van der Waals surface area contributed by atoms with Crippen LogP contribution in [0.3, 0.4) is 0 Å². The van der Waals surface area contributed by atoms with Gasteiger partial charge in [0.05, 0.1) is 34.5 Å². The molecule has 2 aliphatic rings. The topological polar surface area (TPSA) is 49.9 Å². The lowest BCUT2D eigenvalue weighted by Gasteiger charge is -2.29. The SMILES string of the molecule is O=C1C(c2cccs2)=C(N2CCOCC2)C(=O)N1c1ccc(Cl)c(Cl)c1. The van der Waals surface area contributed by atoms with Gasteiger partial charge >= 0.3 is 0 Å². The number of carbonyl (C=O) groups excluding carboxylic acids is 2. The Morgan fingerprint density at radius 1 is 1.00 bits per heavy atom. The van der Waals surface area contributed by atoms with Crippen molar-refractivity contribution < 1.29 is 14.3 Å². The average molecular weight is 409 g/mol. The fraction of sp³-hybridized carbons (Fsp3) is 0.222. The molecular weight excluding hydrogens is 395 g/mol. The third-order valence-corrected chi connectivity index (χ3v) is 5.94. The molecule has 1 fully saturated rings. The fourth-order valence-electron chi connectivity index (χ4n) is 3.10. The van der Waals surface area contributed by atoms with Crippen LogP contribution in [0.4, 0.5) is 5.69 Å². The number of halogens is 2. The first kappa shape index (κ1) is 17.5. The Morgan fingerprint density at radius 2 is 1.77 bits per heavy atom. The van der Waals surface area contributed by atoms with Crippen molar-refractivity contribution >= 4 is 57.6 Å². The molecule has 0 radical (unpaired) electrons. The molecule has 8 heteroatoms. The summed E-state index contributed by atoms with van der Waals surface area (Å²) in [6.07, 6.45) is 0. The van der Waals surface area contributed by atoms with Gasteiger partial charge in [-0.25, -0.2) is 4.90 Å². The molecule has 0 aliphatic carbocycles. The number of hydrogen-bond acceptors (Lipinski definition) is 5. The van der Waals surface area contributed by atoms with Gasteiger partial charge in [-0.2, -0.15) is 0 Å². The Hall–Kier alpha value is -1.86. The molecule has 0 spiro atoms. The van der Waals surface area contributed by atoms with Gasteiger partial charge in [-0.15, -0.1) is 11.3 Å². The zero-order chi connectivity index (χ0) is 18.3. The first-order valence-corrected chi connectivity index (χ1v) is 9.66. The number of anilines is 1. The molecule has 1 aromatic heterocycles. The van der Waals surface area contributed by atoms with Crippen LogP contribution in [0.15, 0.2) is 41.4 Å². The van der Waals surface area contributed by atoms with Crippen molar-refractivity contribution in [3.8, 4) is 0 Å². The maximum atomic E-state index is 13.2. The zero-order valence-electron chi connectivity index (χ0n) is 13.6. The van der Waals surface area contributed by atoms with E-state index in [1.54, 1.807) is 12.1 Å². The van der Waals surface area contributed by atoms with E-state index in [2.05, 4.69) is 0 Å². The molecule has 1 saturated heterocycles. The molecular formula is C18H14Cl2N2O3S. The van der Waals surface area contributed by atoms with Crippen molar-refractivity contribution in [1.29, 1.82) is 0 Å². The molecule has 2 amide bonds. The summed E-state index contributed by atoms with van der Waals surface area (Å²) in [6, 6.07) is 8.46. The van der Waals surface area contributed by atoms with E-state index in [-0.39, 0.29) is 11.8 Å². The molecule has 3 heterocycles. The van der Waals surface area contributed by atoms with Gasteiger partial charge in [-0.05, 0) is 29.6 Å². The zero-order valence-corrected chi connectivity index (χ0v) is 15.9. The second-order valence-electron chi connectivity index (χ2n) is 5.84. The van der Waals surface area contributed by atoms with Gasteiger partial charge in [0.25, 0.3) is 11.8 Å². The van der Waals surface area contributed by atoms with E-state index >= 15 is 0 Å². The smallest absolute Gasteiger partial charge is 0.282 e. The van der Waals surface area contributed by atoms with Crippen LogP contribution in [0.2, 0.25) is 10.0 Å². The minimum absolute atomic E-state index is 0.294. The predicted octanol–water partition coefficient (Wildman–Crippen LogP) is 3.67. The van der Waals surface area contributed by atoms with E-state index in [0.29, 0.717) is 53.3 Å². The van der Waals surface area contributed by atoms with Crippen molar-refractivity contribution in [2.24, 2.45) is 0 Å². The van der Waals surface area contributed by atoms with Crippen LogP contribution in [-0.2, 0) is 14.3 Å².